The highest BCUT2D eigenvalue weighted by molar-refractivity contribution is 9.10. The van der Waals surface area contributed by atoms with E-state index in [-0.39, 0.29) is 0 Å². The molecule has 1 aliphatic rings. The second-order valence-corrected chi connectivity index (χ2v) is 9.36. The molecule has 104 valence electrons. The molecule has 0 aliphatic carbocycles. The highest BCUT2D eigenvalue weighted by Crippen LogP contribution is 2.37. The second kappa shape index (κ2) is 5.74. The van der Waals surface area contributed by atoms with Crippen molar-refractivity contribution >= 4 is 49.1 Å². The summed E-state index contributed by atoms with van der Waals surface area (Å²) in [5.41, 5.74) is 0. The molecule has 2 heterocycles. The van der Waals surface area contributed by atoms with E-state index < -0.39 is 14.8 Å². The quantitative estimate of drug-likeness (QED) is 0.808. The largest absolute Gasteiger partial charge is 0.253 e. The van der Waals surface area contributed by atoms with Gasteiger partial charge in [0.1, 0.15) is 8.96 Å². The molecule has 0 amide bonds. The van der Waals surface area contributed by atoms with Crippen molar-refractivity contribution in [2.45, 2.75) is 21.8 Å². The molecule has 1 aromatic rings. The molecule has 0 radical (unpaired) electrons. The Morgan fingerprint density at radius 2 is 2.16 bits per heavy atom. The van der Waals surface area contributed by atoms with E-state index >= 15 is 0 Å². The van der Waals surface area contributed by atoms with Crippen LogP contribution in [-0.2, 0) is 10.0 Å². The first-order valence-corrected chi connectivity index (χ1v) is 9.98. The normalized spacial score (nSPS) is 20.1. The number of nitrogens with zero attached hydrogens (tertiary/aromatic N) is 2. The highest BCUT2D eigenvalue weighted by Gasteiger charge is 2.39. The molecule has 0 aromatic carbocycles. The number of piperidine rings is 1. The Hall–Kier alpha value is -0.0700. The predicted octanol–water partition coefficient (Wildman–Crippen LogP) is 2.92. The van der Waals surface area contributed by atoms with E-state index in [1.54, 1.807) is 11.4 Å². The number of thioether (sulfide) groups is 1. The van der Waals surface area contributed by atoms with Crippen LogP contribution in [0.15, 0.2) is 20.1 Å². The minimum Gasteiger partial charge on any atom is -0.206 e. The van der Waals surface area contributed by atoms with Gasteiger partial charge in [0.05, 0.1) is 6.07 Å². The molecule has 0 N–H and O–H groups in total. The summed E-state index contributed by atoms with van der Waals surface area (Å²) in [6, 6.07) is 4.06. The molecule has 1 saturated heterocycles. The minimum atomic E-state index is -3.43. The second-order valence-electron chi connectivity index (χ2n) is 4.27. The molecular weight excluding hydrogens is 368 g/mol. The molecule has 2 rings (SSSR count). The smallest absolute Gasteiger partial charge is 0.206 e. The Labute approximate surface area is 130 Å². The van der Waals surface area contributed by atoms with Crippen LogP contribution in [0.2, 0.25) is 0 Å². The Bertz CT molecular complexity index is 598. The average Bonchev–Trinajstić information content (AvgIpc) is 2.86. The Balaban J connectivity index is 2.19. The lowest BCUT2D eigenvalue weighted by Gasteiger charge is -2.35. The number of thiophene rings is 1. The molecule has 8 heteroatoms. The van der Waals surface area contributed by atoms with Crippen LogP contribution in [0.3, 0.4) is 0 Å². The van der Waals surface area contributed by atoms with Crippen molar-refractivity contribution in [1.82, 2.24) is 4.31 Å². The summed E-state index contributed by atoms with van der Waals surface area (Å²) < 4.78 is 27.0. The number of nitriles is 1. The van der Waals surface area contributed by atoms with Crippen LogP contribution in [0.1, 0.15) is 12.8 Å². The summed E-state index contributed by atoms with van der Waals surface area (Å²) in [4.78, 5) is 0. The third kappa shape index (κ3) is 2.85. The van der Waals surface area contributed by atoms with Crippen molar-refractivity contribution in [2.75, 3.05) is 19.3 Å². The third-order valence-electron chi connectivity index (χ3n) is 3.28. The average molecular weight is 381 g/mol. The van der Waals surface area contributed by atoms with E-state index in [1.165, 1.54) is 27.4 Å². The van der Waals surface area contributed by atoms with Gasteiger partial charge in [0.2, 0.25) is 0 Å². The lowest BCUT2D eigenvalue weighted by molar-refractivity contribution is 0.328. The van der Waals surface area contributed by atoms with Gasteiger partial charge in [-0.3, -0.25) is 0 Å². The molecule has 4 nitrogen and oxygen atoms in total. The van der Waals surface area contributed by atoms with Crippen molar-refractivity contribution in [3.8, 4) is 6.07 Å². The fourth-order valence-electron chi connectivity index (χ4n) is 2.03. The monoisotopic (exact) mass is 380 g/mol. The maximum Gasteiger partial charge on any atom is 0.253 e. The van der Waals surface area contributed by atoms with Crippen LogP contribution in [0.4, 0.5) is 0 Å². The van der Waals surface area contributed by atoms with E-state index in [4.69, 9.17) is 0 Å². The molecule has 0 bridgehead atoms. The van der Waals surface area contributed by atoms with Crippen LogP contribution >= 0.6 is 39.0 Å². The topological polar surface area (TPSA) is 61.2 Å². The van der Waals surface area contributed by atoms with Crippen LogP contribution < -0.4 is 0 Å². The zero-order chi connectivity index (χ0) is 14.1. The van der Waals surface area contributed by atoms with E-state index in [0.29, 0.717) is 34.6 Å². The van der Waals surface area contributed by atoms with Gasteiger partial charge in [-0.15, -0.1) is 23.1 Å². The first-order valence-electron chi connectivity index (χ1n) is 5.65. The number of sulfonamides is 1. The molecular formula is C11H13BrN2O2S3. The van der Waals surface area contributed by atoms with Crippen molar-refractivity contribution < 1.29 is 8.42 Å². The molecule has 1 aromatic heterocycles. The maximum absolute atomic E-state index is 12.5. The standard InChI is InChI=1S/C11H13BrN2O2S3/c1-17-11(8-13)3-5-14(6-4-11)19(15,16)10-9(12)2-7-18-10/h2,7H,3-6H2,1H3. The van der Waals surface area contributed by atoms with Crippen LogP contribution in [0.25, 0.3) is 0 Å². The zero-order valence-electron chi connectivity index (χ0n) is 10.3. The molecule has 0 atom stereocenters. The minimum absolute atomic E-state index is 0.348. The molecule has 0 spiro atoms. The van der Waals surface area contributed by atoms with Crippen LogP contribution in [0.5, 0.6) is 0 Å². The van der Waals surface area contributed by atoms with Crippen LogP contribution in [-0.4, -0.2) is 36.8 Å². The molecule has 0 saturated carbocycles. The van der Waals surface area contributed by atoms with Crippen molar-refractivity contribution in [1.29, 1.82) is 5.26 Å². The Morgan fingerprint density at radius 1 is 1.53 bits per heavy atom. The van der Waals surface area contributed by atoms with E-state index in [2.05, 4.69) is 22.0 Å². The van der Waals surface area contributed by atoms with Crippen molar-refractivity contribution in [2.24, 2.45) is 0 Å². The SMILES string of the molecule is CSC1(C#N)CCN(S(=O)(=O)c2sccc2Br)CC1. The van der Waals surface area contributed by atoms with Gasteiger partial charge in [-0.25, -0.2) is 8.42 Å². The lowest BCUT2D eigenvalue weighted by Crippen LogP contribution is -2.44. The van der Waals surface area contributed by atoms with Gasteiger partial charge in [0, 0.05) is 17.6 Å². The first kappa shape index (κ1) is 15.3. The van der Waals surface area contributed by atoms with Crippen molar-refractivity contribution in [3.05, 3.63) is 15.9 Å². The number of hydrogen-bond donors (Lipinski definition) is 0. The summed E-state index contributed by atoms with van der Waals surface area (Å²) in [5, 5.41) is 11.0. The van der Waals surface area contributed by atoms with Gasteiger partial charge in [-0.2, -0.15) is 9.57 Å². The summed E-state index contributed by atoms with van der Waals surface area (Å²) in [6.45, 7) is 0.808. The number of halogens is 1. The summed E-state index contributed by atoms with van der Waals surface area (Å²) >= 11 is 6.00. The fourth-order valence-corrected chi connectivity index (χ4v) is 6.60. The van der Waals surface area contributed by atoms with E-state index in [9.17, 15) is 13.7 Å². The predicted molar refractivity (Wildman–Crippen MR) is 81.9 cm³/mol. The van der Waals surface area contributed by atoms with Gasteiger partial charge in [-0.05, 0) is 46.5 Å². The van der Waals surface area contributed by atoms with Gasteiger partial charge in [0.25, 0.3) is 10.0 Å². The van der Waals surface area contributed by atoms with Crippen molar-refractivity contribution in [3.63, 3.8) is 0 Å². The molecule has 1 fully saturated rings. The van der Waals surface area contributed by atoms with E-state index in [0.717, 1.165) is 0 Å². The Kier molecular flexibility index (Phi) is 4.63. The van der Waals surface area contributed by atoms with Gasteiger partial charge in [0.15, 0.2) is 0 Å². The first-order chi connectivity index (χ1) is 8.95. The van der Waals surface area contributed by atoms with Gasteiger partial charge in [-0.1, -0.05) is 0 Å². The Morgan fingerprint density at radius 3 is 2.58 bits per heavy atom. The third-order valence-corrected chi connectivity index (χ3v) is 9.11. The summed E-state index contributed by atoms with van der Waals surface area (Å²) in [5.74, 6) is 0. The summed E-state index contributed by atoms with van der Waals surface area (Å²) in [6.07, 6.45) is 3.06. The summed E-state index contributed by atoms with van der Waals surface area (Å²) in [7, 11) is -3.43. The molecule has 19 heavy (non-hydrogen) atoms. The van der Waals surface area contributed by atoms with E-state index in [1.807, 2.05) is 6.26 Å². The molecule has 1 aliphatic heterocycles. The van der Waals surface area contributed by atoms with Crippen LogP contribution in [0, 0.1) is 11.3 Å². The number of rotatable bonds is 3. The maximum atomic E-state index is 12.5. The molecule has 0 unspecified atom stereocenters. The lowest BCUT2D eigenvalue weighted by atomic mass is 9.99. The van der Waals surface area contributed by atoms with Gasteiger partial charge < -0.3 is 0 Å². The number of hydrogen-bond acceptors (Lipinski definition) is 5. The fraction of sp³-hybridized carbons (Fsp3) is 0.545. The highest BCUT2D eigenvalue weighted by atomic mass is 79.9. The van der Waals surface area contributed by atoms with Gasteiger partial charge >= 0.3 is 0 Å². The zero-order valence-corrected chi connectivity index (χ0v) is 14.3.